The van der Waals surface area contributed by atoms with Gasteiger partial charge in [0.15, 0.2) is 0 Å². The number of aryl methyl sites for hydroxylation is 2. The van der Waals surface area contributed by atoms with Crippen molar-refractivity contribution in [3.8, 4) is 0 Å². The van der Waals surface area contributed by atoms with Crippen molar-refractivity contribution in [3.63, 3.8) is 0 Å². The van der Waals surface area contributed by atoms with Crippen LogP contribution in [0.4, 0.5) is 0 Å². The molecule has 0 radical (unpaired) electrons. The number of rotatable bonds is 5. The van der Waals surface area contributed by atoms with E-state index in [1.165, 1.54) is 29.6 Å². The highest BCUT2D eigenvalue weighted by atomic mass is 32.1. The van der Waals surface area contributed by atoms with Crippen LogP contribution in [0.5, 0.6) is 0 Å². The maximum absolute atomic E-state index is 13.0. The second-order valence-corrected chi connectivity index (χ2v) is 8.06. The van der Waals surface area contributed by atoms with Gasteiger partial charge in [0.2, 0.25) is 0 Å². The molecular formula is C21H25NO3S. The van der Waals surface area contributed by atoms with Gasteiger partial charge in [-0.05, 0) is 57.2 Å². The molecule has 1 saturated heterocycles. The molecule has 1 fully saturated rings. The molecule has 1 aromatic heterocycles. The van der Waals surface area contributed by atoms with Gasteiger partial charge in [0, 0.05) is 12.1 Å². The standard InChI is InChI=1S/C21H25NO3S/c1-14-4-7-16(8-5-14)9-11-17-10-6-15(2)22(17)20(23)18-12-13-19(26-18)21(24)25-3/h4-5,7-8,12-13,15,17H,6,9-11H2,1-3H3/t15-,17-/m1/s1. The zero-order valence-electron chi connectivity index (χ0n) is 15.5. The lowest BCUT2D eigenvalue weighted by Crippen LogP contribution is -2.39. The molecule has 1 aliphatic heterocycles. The van der Waals surface area contributed by atoms with Gasteiger partial charge >= 0.3 is 5.97 Å². The number of nitrogens with zero attached hydrogens (tertiary/aromatic N) is 1. The summed E-state index contributed by atoms with van der Waals surface area (Å²) in [4.78, 5) is 27.8. The Morgan fingerprint density at radius 2 is 1.81 bits per heavy atom. The van der Waals surface area contributed by atoms with E-state index in [4.69, 9.17) is 4.74 Å². The fourth-order valence-corrected chi connectivity index (χ4v) is 4.47. The summed E-state index contributed by atoms with van der Waals surface area (Å²) in [5.41, 5.74) is 2.57. The van der Waals surface area contributed by atoms with E-state index in [0.29, 0.717) is 9.75 Å². The molecule has 1 aliphatic rings. The summed E-state index contributed by atoms with van der Waals surface area (Å²) < 4.78 is 4.74. The minimum Gasteiger partial charge on any atom is -0.465 e. The Morgan fingerprint density at radius 3 is 2.50 bits per heavy atom. The number of hydrogen-bond acceptors (Lipinski definition) is 4. The van der Waals surface area contributed by atoms with Crippen molar-refractivity contribution < 1.29 is 14.3 Å². The number of thiophene rings is 1. The SMILES string of the molecule is COC(=O)c1ccc(C(=O)N2[C@@H](CCc3ccc(C)cc3)CC[C@H]2C)s1. The average Bonchev–Trinajstić information content (AvgIpc) is 3.27. The zero-order valence-corrected chi connectivity index (χ0v) is 16.3. The zero-order chi connectivity index (χ0) is 18.7. The Kier molecular flexibility index (Phi) is 5.77. The number of likely N-dealkylation sites (tertiary alicyclic amines) is 1. The second-order valence-electron chi connectivity index (χ2n) is 6.97. The Hall–Kier alpha value is -2.14. The first-order chi connectivity index (χ1) is 12.5. The fraction of sp³-hybridized carbons (Fsp3) is 0.429. The third-order valence-corrected chi connectivity index (χ3v) is 6.16. The molecule has 0 N–H and O–H groups in total. The van der Waals surface area contributed by atoms with Crippen molar-refractivity contribution in [1.29, 1.82) is 0 Å². The predicted octanol–water partition coefficient (Wildman–Crippen LogP) is 4.47. The molecule has 1 amide bonds. The predicted molar refractivity (Wildman–Crippen MR) is 104 cm³/mol. The number of benzene rings is 1. The van der Waals surface area contributed by atoms with Gasteiger partial charge in [-0.25, -0.2) is 4.79 Å². The molecule has 5 heteroatoms. The van der Waals surface area contributed by atoms with Crippen molar-refractivity contribution in [1.82, 2.24) is 4.90 Å². The molecule has 0 saturated carbocycles. The molecule has 1 aromatic carbocycles. The molecular weight excluding hydrogens is 346 g/mol. The van der Waals surface area contributed by atoms with Crippen LogP contribution in [0.2, 0.25) is 0 Å². The summed E-state index contributed by atoms with van der Waals surface area (Å²) in [6, 6.07) is 12.5. The summed E-state index contributed by atoms with van der Waals surface area (Å²) in [6.45, 7) is 4.20. The second kappa shape index (κ2) is 8.04. The summed E-state index contributed by atoms with van der Waals surface area (Å²) in [6.07, 6.45) is 4.00. The lowest BCUT2D eigenvalue weighted by atomic mass is 10.0. The molecule has 138 valence electrons. The van der Waals surface area contributed by atoms with Gasteiger partial charge in [-0.3, -0.25) is 4.79 Å². The highest BCUT2D eigenvalue weighted by Gasteiger charge is 2.35. The van der Waals surface area contributed by atoms with E-state index in [-0.39, 0.29) is 24.0 Å². The van der Waals surface area contributed by atoms with E-state index in [1.54, 1.807) is 12.1 Å². The van der Waals surface area contributed by atoms with Crippen LogP contribution in [-0.2, 0) is 11.2 Å². The third kappa shape index (κ3) is 3.98. The molecule has 0 spiro atoms. The van der Waals surface area contributed by atoms with E-state index in [1.807, 2.05) is 4.90 Å². The topological polar surface area (TPSA) is 46.6 Å². The van der Waals surface area contributed by atoms with Crippen molar-refractivity contribution >= 4 is 23.2 Å². The first-order valence-corrected chi connectivity index (χ1v) is 9.87. The molecule has 2 atom stereocenters. The quantitative estimate of drug-likeness (QED) is 0.729. The van der Waals surface area contributed by atoms with Crippen molar-refractivity contribution in [2.75, 3.05) is 7.11 Å². The Morgan fingerprint density at radius 1 is 1.12 bits per heavy atom. The van der Waals surface area contributed by atoms with Crippen LogP contribution in [-0.4, -0.2) is 36.0 Å². The molecule has 0 unspecified atom stereocenters. The number of carbonyl (C=O) groups excluding carboxylic acids is 2. The van der Waals surface area contributed by atoms with Gasteiger partial charge in [0.25, 0.3) is 5.91 Å². The van der Waals surface area contributed by atoms with Gasteiger partial charge in [-0.2, -0.15) is 0 Å². The first-order valence-electron chi connectivity index (χ1n) is 9.06. The van der Waals surface area contributed by atoms with Crippen LogP contribution >= 0.6 is 11.3 Å². The summed E-state index contributed by atoms with van der Waals surface area (Å²) in [7, 11) is 1.35. The van der Waals surface area contributed by atoms with Crippen molar-refractivity contribution in [2.24, 2.45) is 0 Å². The van der Waals surface area contributed by atoms with Gasteiger partial charge in [-0.1, -0.05) is 29.8 Å². The van der Waals surface area contributed by atoms with Gasteiger partial charge in [0.05, 0.1) is 12.0 Å². The lowest BCUT2D eigenvalue weighted by Gasteiger charge is -2.28. The summed E-state index contributed by atoms with van der Waals surface area (Å²) >= 11 is 1.21. The number of hydrogen-bond donors (Lipinski definition) is 0. The van der Waals surface area contributed by atoms with Crippen LogP contribution in [0.3, 0.4) is 0 Å². The Labute approximate surface area is 158 Å². The number of carbonyl (C=O) groups is 2. The maximum Gasteiger partial charge on any atom is 0.348 e. The van der Waals surface area contributed by atoms with Gasteiger partial charge in [-0.15, -0.1) is 11.3 Å². The van der Waals surface area contributed by atoms with E-state index in [2.05, 4.69) is 38.1 Å². The normalized spacial score (nSPS) is 19.6. The maximum atomic E-state index is 13.0. The van der Waals surface area contributed by atoms with Gasteiger partial charge < -0.3 is 9.64 Å². The molecule has 2 aromatic rings. The third-order valence-electron chi connectivity index (χ3n) is 5.11. The molecule has 2 heterocycles. The Bertz CT molecular complexity index is 781. The lowest BCUT2D eigenvalue weighted by molar-refractivity contribution is 0.0605. The van der Waals surface area contributed by atoms with Crippen LogP contribution in [0.15, 0.2) is 36.4 Å². The summed E-state index contributed by atoms with van der Waals surface area (Å²) in [5, 5.41) is 0. The largest absolute Gasteiger partial charge is 0.465 e. The van der Waals surface area contributed by atoms with Gasteiger partial charge in [0.1, 0.15) is 4.88 Å². The molecule has 4 nitrogen and oxygen atoms in total. The fourth-order valence-electron chi connectivity index (χ4n) is 3.60. The molecule has 26 heavy (non-hydrogen) atoms. The highest BCUT2D eigenvalue weighted by molar-refractivity contribution is 7.15. The van der Waals surface area contributed by atoms with Crippen molar-refractivity contribution in [3.05, 3.63) is 57.3 Å². The number of esters is 1. The number of ether oxygens (including phenoxy) is 1. The Balaban J connectivity index is 1.69. The van der Waals surface area contributed by atoms with E-state index in [9.17, 15) is 9.59 Å². The minimum atomic E-state index is -0.389. The highest BCUT2D eigenvalue weighted by Crippen LogP contribution is 2.31. The van der Waals surface area contributed by atoms with Crippen LogP contribution in [0, 0.1) is 6.92 Å². The number of amides is 1. The smallest absolute Gasteiger partial charge is 0.348 e. The molecule has 3 rings (SSSR count). The minimum absolute atomic E-state index is 0.0315. The average molecular weight is 372 g/mol. The molecule has 0 bridgehead atoms. The summed E-state index contributed by atoms with van der Waals surface area (Å²) in [5.74, 6) is -0.358. The van der Waals surface area contributed by atoms with E-state index >= 15 is 0 Å². The van der Waals surface area contributed by atoms with Crippen LogP contribution in [0.25, 0.3) is 0 Å². The van der Waals surface area contributed by atoms with E-state index in [0.717, 1.165) is 25.7 Å². The molecule has 0 aliphatic carbocycles. The first kappa shape index (κ1) is 18.6. The van der Waals surface area contributed by atoms with E-state index < -0.39 is 0 Å². The van der Waals surface area contributed by atoms with Crippen LogP contribution < -0.4 is 0 Å². The monoisotopic (exact) mass is 371 g/mol. The van der Waals surface area contributed by atoms with Crippen molar-refractivity contribution in [2.45, 2.75) is 51.6 Å². The number of methoxy groups -OCH3 is 1. The van der Waals surface area contributed by atoms with Crippen LogP contribution in [0.1, 0.15) is 56.7 Å².